The second kappa shape index (κ2) is 4.34. The Balaban J connectivity index is 4.11. The number of carbonyl (C=O) groups is 1. The Morgan fingerprint density at radius 1 is 1.75 bits per heavy atom. The quantitative estimate of drug-likeness (QED) is 0.379. The molecule has 0 aromatic carbocycles. The van der Waals surface area contributed by atoms with Gasteiger partial charge in [0.1, 0.15) is 0 Å². The normalized spacial score (nSPS) is 13.6. The summed E-state index contributed by atoms with van der Waals surface area (Å²) < 4.78 is 23.0. The van der Waals surface area contributed by atoms with Crippen molar-refractivity contribution in [2.24, 2.45) is 0 Å². The number of amides is 1. The smallest absolute Gasteiger partial charge is 0.304 e. The van der Waals surface area contributed by atoms with Crippen LogP contribution in [0.5, 0.6) is 0 Å². The average Bonchev–Trinajstić information content (AvgIpc) is 1.83. The summed E-state index contributed by atoms with van der Waals surface area (Å²) in [5.74, 6) is -0.467. The van der Waals surface area contributed by atoms with Crippen molar-refractivity contribution >= 4 is 17.3 Å². The van der Waals surface area contributed by atoms with Crippen LogP contribution >= 0.6 is 0 Å². The van der Waals surface area contributed by atoms with Crippen molar-refractivity contribution in [2.45, 2.75) is 19.6 Å². The topological polar surface area (TPSA) is 75.6 Å². The fraction of sp³-hybridized carbons (Fsp3) is 0.500. The molecular weight excluding hydrogens is 182 g/mol. The Hall–Kier alpha value is -0.720. The summed E-state index contributed by atoms with van der Waals surface area (Å²) >= 11 is -2.40. The van der Waals surface area contributed by atoms with Gasteiger partial charge in [0, 0.05) is 0 Å². The van der Waals surface area contributed by atoms with E-state index in [4.69, 9.17) is 4.55 Å². The molecule has 0 saturated heterocycles. The summed E-state index contributed by atoms with van der Waals surface area (Å²) in [5.41, 5.74) is -1.18. The minimum atomic E-state index is -2.40. The van der Waals surface area contributed by atoms with Gasteiger partial charge in [-0.2, -0.15) is 4.21 Å². The van der Waals surface area contributed by atoms with Crippen LogP contribution in [0.2, 0.25) is 0 Å². The first-order valence-electron chi connectivity index (χ1n) is 3.12. The molecule has 0 heterocycles. The number of carbonyl (C=O) groups excluding carboxylic acids is 1. The number of nitrogens with one attached hydrogen (secondary N) is 1. The second-order valence-corrected chi connectivity index (χ2v) is 3.11. The second-order valence-electron chi connectivity index (χ2n) is 2.50. The van der Waals surface area contributed by atoms with Gasteiger partial charge in [-0.1, -0.05) is 6.58 Å². The van der Waals surface area contributed by atoms with Crippen LogP contribution in [0, 0.1) is 0 Å². The van der Waals surface area contributed by atoms with Crippen molar-refractivity contribution in [3.8, 4) is 0 Å². The van der Waals surface area contributed by atoms with E-state index in [2.05, 4.69) is 16.1 Å². The molecule has 0 rings (SSSR count). The lowest BCUT2D eigenvalue weighted by Gasteiger charge is -2.22. The highest BCUT2D eigenvalue weighted by Gasteiger charge is 2.22. The van der Waals surface area contributed by atoms with Gasteiger partial charge >= 0.3 is 11.4 Å². The van der Waals surface area contributed by atoms with Crippen LogP contribution in [0.3, 0.4) is 0 Å². The van der Waals surface area contributed by atoms with Gasteiger partial charge < -0.3 is 5.32 Å². The highest BCUT2D eigenvalue weighted by molar-refractivity contribution is 7.74. The molecule has 5 nitrogen and oxygen atoms in total. The van der Waals surface area contributed by atoms with E-state index >= 15 is 0 Å². The van der Waals surface area contributed by atoms with Gasteiger partial charge in [-0.05, 0) is 19.9 Å². The lowest BCUT2D eigenvalue weighted by atomic mass is 10.3. The van der Waals surface area contributed by atoms with E-state index in [1.54, 1.807) is 0 Å². The summed E-state index contributed by atoms with van der Waals surface area (Å²) in [5, 5.41) is 2.30. The summed E-state index contributed by atoms with van der Waals surface area (Å²) in [6, 6.07) is 0. The Kier molecular flexibility index (Phi) is 4.08. The lowest BCUT2D eigenvalue weighted by Crippen LogP contribution is -2.45. The monoisotopic (exact) mass is 193 g/mol. The third-order valence-corrected chi connectivity index (χ3v) is 1.45. The van der Waals surface area contributed by atoms with Crippen LogP contribution < -0.4 is 5.32 Å². The minimum Gasteiger partial charge on any atom is -0.324 e. The number of hydrogen-bond acceptors (Lipinski definition) is 3. The molecule has 70 valence electrons. The van der Waals surface area contributed by atoms with E-state index in [1.807, 2.05) is 0 Å². The fourth-order valence-electron chi connectivity index (χ4n) is 0.547. The molecule has 0 aromatic rings. The van der Waals surface area contributed by atoms with E-state index < -0.39 is 23.0 Å². The Morgan fingerprint density at radius 2 is 2.25 bits per heavy atom. The molecule has 2 N–H and O–H groups in total. The predicted octanol–water partition coefficient (Wildman–Crippen LogP) is 0.178. The van der Waals surface area contributed by atoms with Crippen molar-refractivity contribution < 1.29 is 17.7 Å². The van der Waals surface area contributed by atoms with E-state index in [-0.39, 0.29) is 0 Å². The molecular formula is C6H11NO4S. The maximum absolute atomic E-state index is 10.7. The zero-order chi connectivity index (χ0) is 9.78. The summed E-state index contributed by atoms with van der Waals surface area (Å²) in [7, 11) is 0. The highest BCUT2D eigenvalue weighted by atomic mass is 32.2. The molecule has 0 saturated carbocycles. The lowest BCUT2D eigenvalue weighted by molar-refractivity contribution is -0.121. The van der Waals surface area contributed by atoms with Gasteiger partial charge in [0.2, 0.25) is 5.91 Å². The summed E-state index contributed by atoms with van der Waals surface area (Å²) in [6.07, 6.45) is 1.05. The molecule has 0 aliphatic heterocycles. The molecule has 12 heavy (non-hydrogen) atoms. The Morgan fingerprint density at radius 3 is 2.58 bits per heavy atom. The summed E-state index contributed by atoms with van der Waals surface area (Å²) in [4.78, 5) is 10.7. The minimum absolute atomic E-state index is 0.467. The SMILES string of the molecule is C=CC(=O)NC(C)(C)OS(=O)O. The molecule has 1 amide bonds. The zero-order valence-corrected chi connectivity index (χ0v) is 7.68. The van der Waals surface area contributed by atoms with Gasteiger partial charge in [-0.15, -0.1) is 0 Å². The molecule has 0 bridgehead atoms. The van der Waals surface area contributed by atoms with Crippen molar-refractivity contribution in [1.82, 2.24) is 5.32 Å². The van der Waals surface area contributed by atoms with Crippen molar-refractivity contribution in [3.05, 3.63) is 12.7 Å². The largest absolute Gasteiger partial charge is 0.324 e. The predicted molar refractivity (Wildman–Crippen MR) is 44.3 cm³/mol. The van der Waals surface area contributed by atoms with Gasteiger partial charge in [0.25, 0.3) is 0 Å². The molecule has 0 aliphatic rings. The zero-order valence-electron chi connectivity index (χ0n) is 6.86. The molecule has 0 spiro atoms. The van der Waals surface area contributed by atoms with Crippen molar-refractivity contribution in [2.75, 3.05) is 0 Å². The first-order valence-corrected chi connectivity index (χ1v) is 4.15. The first-order chi connectivity index (χ1) is 5.37. The molecule has 1 unspecified atom stereocenters. The van der Waals surface area contributed by atoms with Crippen LogP contribution in [0.25, 0.3) is 0 Å². The fourth-order valence-corrected chi connectivity index (χ4v) is 0.945. The molecule has 6 heteroatoms. The van der Waals surface area contributed by atoms with Crippen LogP contribution in [0.1, 0.15) is 13.8 Å². The van der Waals surface area contributed by atoms with Crippen LogP contribution in [0.4, 0.5) is 0 Å². The molecule has 0 aliphatic carbocycles. The van der Waals surface area contributed by atoms with Crippen LogP contribution in [-0.4, -0.2) is 20.4 Å². The molecule has 0 aromatic heterocycles. The third kappa shape index (κ3) is 5.00. The standard InChI is InChI=1S/C6H11NO4S/c1-4-5(8)7-6(2,3)11-12(9)10/h4H,1H2,2-3H3,(H,7,8)(H,9,10). The van der Waals surface area contributed by atoms with E-state index in [0.717, 1.165) is 6.08 Å². The molecule has 0 radical (unpaired) electrons. The van der Waals surface area contributed by atoms with E-state index in [0.29, 0.717) is 0 Å². The van der Waals surface area contributed by atoms with E-state index in [1.165, 1.54) is 13.8 Å². The molecule has 0 fully saturated rings. The van der Waals surface area contributed by atoms with Gasteiger partial charge in [-0.3, -0.25) is 9.35 Å². The van der Waals surface area contributed by atoms with Crippen molar-refractivity contribution in [1.29, 1.82) is 0 Å². The maximum atomic E-state index is 10.7. The van der Waals surface area contributed by atoms with Crippen LogP contribution in [-0.2, 0) is 20.3 Å². The summed E-state index contributed by atoms with van der Waals surface area (Å²) in [6.45, 7) is 6.11. The number of hydrogen-bond donors (Lipinski definition) is 2. The van der Waals surface area contributed by atoms with Crippen LogP contribution in [0.15, 0.2) is 12.7 Å². The first kappa shape index (κ1) is 11.3. The average molecular weight is 193 g/mol. The van der Waals surface area contributed by atoms with E-state index in [9.17, 15) is 9.00 Å². The molecule has 1 atom stereocenters. The third-order valence-electron chi connectivity index (χ3n) is 0.889. The maximum Gasteiger partial charge on any atom is 0.304 e. The Bertz CT molecular complexity index is 214. The van der Waals surface area contributed by atoms with Gasteiger partial charge in [-0.25, -0.2) is 4.18 Å². The number of rotatable bonds is 4. The highest BCUT2D eigenvalue weighted by Crippen LogP contribution is 2.05. The van der Waals surface area contributed by atoms with Gasteiger partial charge in [0.15, 0.2) is 5.72 Å². The van der Waals surface area contributed by atoms with Crippen molar-refractivity contribution in [3.63, 3.8) is 0 Å². The Labute approximate surface area is 73.3 Å². The van der Waals surface area contributed by atoms with Gasteiger partial charge in [0.05, 0.1) is 0 Å².